The molecule has 5 N–H and O–H groups in total. The van der Waals surface area contributed by atoms with Gasteiger partial charge >= 0.3 is 0 Å². The second-order valence-corrected chi connectivity index (χ2v) is 3.00. The van der Waals surface area contributed by atoms with E-state index in [0.29, 0.717) is 6.42 Å². The smallest absolute Gasteiger partial charge is 0.125 e. The molecular weight excluding hydrogens is 142 g/mol. The highest BCUT2D eigenvalue weighted by molar-refractivity contribution is 4.67. The minimum absolute atomic E-state index is 0.128. The predicted molar refractivity (Wildman–Crippen MR) is 48.1 cm³/mol. The third-order valence-electron chi connectivity index (χ3n) is 0.966. The fourth-order valence-electron chi connectivity index (χ4n) is 0.144. The summed E-state index contributed by atoms with van der Waals surface area (Å²) in [5.41, 5.74) is 9.05. The van der Waals surface area contributed by atoms with E-state index in [1.54, 1.807) is 6.92 Å². The van der Waals surface area contributed by atoms with Crippen LogP contribution in [0.1, 0.15) is 13.3 Å². The molecule has 0 amide bonds. The van der Waals surface area contributed by atoms with Gasteiger partial charge in [0.15, 0.2) is 0 Å². The van der Waals surface area contributed by atoms with Crippen LogP contribution in [0.25, 0.3) is 0 Å². The Morgan fingerprint density at radius 2 is 1.64 bits per heavy atom. The summed E-state index contributed by atoms with van der Waals surface area (Å²) in [5, 5.41) is 8.78. The molecular formula is C7H21N3O. The highest BCUT2D eigenvalue weighted by Crippen LogP contribution is 1.94. The Labute approximate surface area is 69.2 Å². The van der Waals surface area contributed by atoms with Gasteiger partial charge in [0, 0.05) is 6.54 Å². The fraction of sp³-hybridized carbons (Fsp3) is 1.00. The van der Waals surface area contributed by atoms with E-state index in [2.05, 4.69) is 0 Å². The van der Waals surface area contributed by atoms with Gasteiger partial charge in [0.1, 0.15) is 5.72 Å². The zero-order chi connectivity index (χ0) is 9.49. The average Bonchev–Trinajstić information content (AvgIpc) is 1.87. The van der Waals surface area contributed by atoms with Crippen molar-refractivity contribution in [2.24, 2.45) is 11.5 Å². The molecule has 4 nitrogen and oxygen atoms in total. The largest absolute Gasteiger partial charge is 0.375 e. The van der Waals surface area contributed by atoms with Gasteiger partial charge in [-0.05, 0) is 27.6 Å². The molecule has 0 aromatic heterocycles. The van der Waals surface area contributed by atoms with E-state index in [1.807, 2.05) is 26.0 Å². The van der Waals surface area contributed by atoms with Crippen LogP contribution in [0.15, 0.2) is 0 Å². The van der Waals surface area contributed by atoms with E-state index in [4.69, 9.17) is 16.6 Å². The average molecular weight is 163 g/mol. The molecule has 0 aliphatic carbocycles. The van der Waals surface area contributed by atoms with E-state index in [-0.39, 0.29) is 6.54 Å². The Kier molecular flexibility index (Phi) is 7.99. The van der Waals surface area contributed by atoms with Crippen LogP contribution in [-0.2, 0) is 0 Å². The van der Waals surface area contributed by atoms with Gasteiger partial charge in [-0.25, -0.2) is 0 Å². The number of rotatable bonds is 2. The molecule has 0 heterocycles. The summed E-state index contributed by atoms with van der Waals surface area (Å²) >= 11 is 0. The standard InChI is InChI=1S/C4H12N2O.C3H9N/c1-2-4(6,7)3-5;1-4(2)3/h7H,2-3,5-6H2,1H3;1-3H3. The first-order valence-corrected chi connectivity index (χ1v) is 3.68. The summed E-state index contributed by atoms with van der Waals surface area (Å²) in [4.78, 5) is 2.00. The van der Waals surface area contributed by atoms with E-state index in [9.17, 15) is 0 Å². The molecule has 0 aliphatic heterocycles. The van der Waals surface area contributed by atoms with Crippen molar-refractivity contribution in [1.82, 2.24) is 4.90 Å². The van der Waals surface area contributed by atoms with Crippen LogP contribution < -0.4 is 11.5 Å². The zero-order valence-corrected chi connectivity index (χ0v) is 7.96. The van der Waals surface area contributed by atoms with E-state index < -0.39 is 5.72 Å². The van der Waals surface area contributed by atoms with Gasteiger partial charge < -0.3 is 21.5 Å². The molecule has 0 bridgehead atoms. The zero-order valence-electron chi connectivity index (χ0n) is 7.96. The van der Waals surface area contributed by atoms with Crippen LogP contribution in [0, 0.1) is 0 Å². The van der Waals surface area contributed by atoms with E-state index in [1.165, 1.54) is 0 Å². The predicted octanol–water partition coefficient (Wildman–Crippen LogP) is -0.820. The van der Waals surface area contributed by atoms with Crippen molar-refractivity contribution in [1.29, 1.82) is 0 Å². The maximum absolute atomic E-state index is 8.78. The first kappa shape index (κ1) is 13.4. The van der Waals surface area contributed by atoms with Crippen molar-refractivity contribution in [3.05, 3.63) is 0 Å². The molecule has 0 spiro atoms. The molecule has 0 aliphatic rings. The Bertz CT molecular complexity index is 75.0. The second-order valence-electron chi connectivity index (χ2n) is 3.00. The lowest BCUT2D eigenvalue weighted by molar-refractivity contribution is 0.0522. The molecule has 0 rings (SSSR count). The van der Waals surface area contributed by atoms with Crippen LogP contribution in [0.3, 0.4) is 0 Å². The van der Waals surface area contributed by atoms with Crippen molar-refractivity contribution in [3.8, 4) is 0 Å². The molecule has 0 saturated heterocycles. The van der Waals surface area contributed by atoms with Gasteiger partial charge in [-0.1, -0.05) is 6.92 Å². The molecule has 0 saturated carbocycles. The molecule has 4 heteroatoms. The van der Waals surface area contributed by atoms with E-state index >= 15 is 0 Å². The van der Waals surface area contributed by atoms with E-state index in [0.717, 1.165) is 0 Å². The maximum Gasteiger partial charge on any atom is 0.125 e. The number of nitrogens with zero attached hydrogens (tertiary/aromatic N) is 1. The summed E-state index contributed by atoms with van der Waals surface area (Å²) in [6.45, 7) is 1.91. The van der Waals surface area contributed by atoms with Crippen LogP contribution in [0.5, 0.6) is 0 Å². The third-order valence-corrected chi connectivity index (χ3v) is 0.966. The molecule has 70 valence electrons. The maximum atomic E-state index is 8.78. The molecule has 11 heavy (non-hydrogen) atoms. The second kappa shape index (κ2) is 6.54. The summed E-state index contributed by atoms with van der Waals surface area (Å²) in [6, 6.07) is 0. The number of nitrogens with two attached hydrogens (primary N) is 2. The lowest BCUT2D eigenvalue weighted by Crippen LogP contribution is -2.45. The summed E-state index contributed by atoms with van der Waals surface area (Å²) in [6.07, 6.45) is 0.503. The lowest BCUT2D eigenvalue weighted by Gasteiger charge is -2.17. The van der Waals surface area contributed by atoms with Crippen molar-refractivity contribution in [2.45, 2.75) is 19.1 Å². The molecule has 0 radical (unpaired) electrons. The van der Waals surface area contributed by atoms with Gasteiger partial charge in [0.25, 0.3) is 0 Å². The minimum Gasteiger partial charge on any atom is -0.375 e. The van der Waals surface area contributed by atoms with Crippen molar-refractivity contribution < 1.29 is 5.11 Å². The van der Waals surface area contributed by atoms with Gasteiger partial charge in [-0.3, -0.25) is 0 Å². The number of hydrogen-bond acceptors (Lipinski definition) is 4. The highest BCUT2D eigenvalue weighted by atomic mass is 16.3. The third kappa shape index (κ3) is 17.7. The van der Waals surface area contributed by atoms with Crippen molar-refractivity contribution in [2.75, 3.05) is 27.7 Å². The van der Waals surface area contributed by atoms with Crippen molar-refractivity contribution in [3.63, 3.8) is 0 Å². The number of hydrogen-bond donors (Lipinski definition) is 3. The van der Waals surface area contributed by atoms with Gasteiger partial charge in [-0.2, -0.15) is 0 Å². The van der Waals surface area contributed by atoms with Gasteiger partial charge in [-0.15, -0.1) is 0 Å². The Morgan fingerprint density at radius 1 is 1.36 bits per heavy atom. The Hall–Kier alpha value is -0.160. The molecule has 0 fully saturated rings. The SMILES string of the molecule is CCC(N)(O)CN.CN(C)C. The Balaban J connectivity index is 0. The lowest BCUT2D eigenvalue weighted by atomic mass is 10.2. The minimum atomic E-state index is -1.14. The van der Waals surface area contributed by atoms with Gasteiger partial charge in [0.2, 0.25) is 0 Å². The first-order valence-electron chi connectivity index (χ1n) is 3.68. The number of aliphatic hydroxyl groups is 1. The summed E-state index contributed by atoms with van der Waals surface area (Å²) in [5.74, 6) is 0. The van der Waals surface area contributed by atoms with Crippen LogP contribution >= 0.6 is 0 Å². The topological polar surface area (TPSA) is 75.5 Å². The van der Waals surface area contributed by atoms with Crippen LogP contribution in [0.4, 0.5) is 0 Å². The monoisotopic (exact) mass is 163 g/mol. The summed E-state index contributed by atoms with van der Waals surface area (Å²) in [7, 11) is 6.00. The first-order chi connectivity index (χ1) is 4.85. The van der Waals surface area contributed by atoms with Crippen LogP contribution in [0.2, 0.25) is 0 Å². The Morgan fingerprint density at radius 3 is 1.64 bits per heavy atom. The van der Waals surface area contributed by atoms with Crippen LogP contribution in [-0.4, -0.2) is 43.4 Å². The normalized spacial score (nSPS) is 15.3. The van der Waals surface area contributed by atoms with Gasteiger partial charge in [0.05, 0.1) is 0 Å². The molecule has 0 aromatic carbocycles. The van der Waals surface area contributed by atoms with Crippen molar-refractivity contribution >= 4 is 0 Å². The molecule has 0 aromatic rings. The highest BCUT2D eigenvalue weighted by Gasteiger charge is 2.13. The molecule has 1 atom stereocenters. The molecule has 1 unspecified atom stereocenters. The quantitative estimate of drug-likeness (QED) is 0.465. The fourth-order valence-corrected chi connectivity index (χ4v) is 0.144. The summed E-state index contributed by atoms with van der Waals surface area (Å²) < 4.78 is 0.